The Bertz CT molecular complexity index is 757. The summed E-state index contributed by atoms with van der Waals surface area (Å²) < 4.78 is 2.39. The Morgan fingerprint density at radius 2 is 1.68 bits per heavy atom. The summed E-state index contributed by atoms with van der Waals surface area (Å²) in [5.74, 6) is 1.27. The Labute approximate surface area is 160 Å². The van der Waals surface area contributed by atoms with Crippen LogP contribution in [0.15, 0.2) is 54.6 Å². The van der Waals surface area contributed by atoms with Gasteiger partial charge in [0.2, 0.25) is 0 Å². The van der Waals surface area contributed by atoms with Crippen LogP contribution in [0.4, 0.5) is 5.69 Å². The number of hydrogen-bond donors (Lipinski definition) is 1. The zero-order valence-electron chi connectivity index (χ0n) is 14.7. The number of rotatable bonds is 2. The second kappa shape index (κ2) is 7.30. The topological polar surface area (TPSA) is 26.5 Å². The largest absolute Gasteiger partial charge is 1.00 e. The van der Waals surface area contributed by atoms with Crippen molar-refractivity contribution in [2.75, 3.05) is 18.0 Å². The van der Waals surface area contributed by atoms with Gasteiger partial charge in [-0.25, -0.2) is 0 Å². The standard InChI is InChI=1S/C21H25N2O.BrH/c1-17-11-13-18(14-12-17)21(24)16-22-15-7-3-6-10-20(22)23(21)19-8-4-2-5-9-19;/h2,4-5,8-9,11-14,24H,3,6-7,10,15-16H2,1H3;1H/q+1;/p-1. The van der Waals surface area contributed by atoms with Crippen LogP contribution >= 0.6 is 0 Å². The lowest BCUT2D eigenvalue weighted by atomic mass is 9.99. The smallest absolute Gasteiger partial charge is 0.275 e. The van der Waals surface area contributed by atoms with E-state index in [1.165, 1.54) is 30.7 Å². The summed E-state index contributed by atoms with van der Waals surface area (Å²) in [4.78, 5) is 2.17. The molecule has 0 radical (unpaired) electrons. The number of para-hydroxylation sites is 1. The highest BCUT2D eigenvalue weighted by Gasteiger charge is 2.53. The number of amidine groups is 1. The van der Waals surface area contributed by atoms with Crippen LogP contribution in [0, 0.1) is 6.92 Å². The molecule has 1 N–H and O–H groups in total. The van der Waals surface area contributed by atoms with Gasteiger partial charge in [0.15, 0.2) is 6.54 Å². The Hall–Kier alpha value is -1.65. The minimum atomic E-state index is -0.998. The summed E-state index contributed by atoms with van der Waals surface area (Å²) in [6, 6.07) is 18.6. The maximum atomic E-state index is 11.8. The maximum Gasteiger partial charge on any atom is 0.275 e. The van der Waals surface area contributed by atoms with E-state index in [4.69, 9.17) is 0 Å². The molecule has 0 spiro atoms. The van der Waals surface area contributed by atoms with Crippen molar-refractivity contribution in [2.24, 2.45) is 0 Å². The first kappa shape index (κ1) is 18.2. The van der Waals surface area contributed by atoms with E-state index in [2.05, 4.69) is 52.8 Å². The first-order valence-electron chi connectivity index (χ1n) is 8.94. The summed E-state index contributed by atoms with van der Waals surface area (Å²) in [6.45, 7) is 3.76. The van der Waals surface area contributed by atoms with Crippen molar-refractivity contribution in [3.05, 3.63) is 65.7 Å². The molecule has 2 aromatic rings. The predicted molar refractivity (Wildman–Crippen MR) is 97.5 cm³/mol. The Morgan fingerprint density at radius 3 is 2.40 bits per heavy atom. The molecule has 2 heterocycles. The lowest BCUT2D eigenvalue weighted by Gasteiger charge is -2.29. The molecule has 4 rings (SSSR count). The number of anilines is 1. The quantitative estimate of drug-likeness (QED) is 0.749. The van der Waals surface area contributed by atoms with Crippen LogP contribution in [-0.2, 0) is 5.72 Å². The molecule has 132 valence electrons. The zero-order valence-corrected chi connectivity index (χ0v) is 16.2. The highest BCUT2D eigenvalue weighted by atomic mass is 79.9. The number of hydrogen-bond acceptors (Lipinski definition) is 2. The van der Waals surface area contributed by atoms with Crippen LogP contribution in [0.25, 0.3) is 0 Å². The molecule has 0 saturated heterocycles. The van der Waals surface area contributed by atoms with Crippen LogP contribution in [0.2, 0.25) is 0 Å². The first-order chi connectivity index (χ1) is 11.7. The fourth-order valence-electron chi connectivity index (χ4n) is 4.00. The van der Waals surface area contributed by atoms with E-state index in [0.717, 1.165) is 24.2 Å². The molecule has 0 aromatic heterocycles. The SMILES string of the molecule is Cc1ccc(C2(O)C[N+]3=C(CCCCC3)N2c2ccccc2)cc1.[Br-]. The average molecular weight is 401 g/mol. The summed E-state index contributed by atoms with van der Waals surface area (Å²) in [7, 11) is 0. The lowest BCUT2D eigenvalue weighted by molar-refractivity contribution is -0.534. The highest BCUT2D eigenvalue weighted by molar-refractivity contribution is 5.97. The molecular formula is C21H25BrN2O. The fraction of sp³-hybridized carbons (Fsp3) is 0.381. The van der Waals surface area contributed by atoms with Gasteiger partial charge in [0.05, 0.1) is 6.54 Å². The Balaban J connectivity index is 0.00000182. The Kier molecular flexibility index (Phi) is 5.30. The monoisotopic (exact) mass is 400 g/mol. The van der Waals surface area contributed by atoms with E-state index in [0.29, 0.717) is 6.54 Å². The van der Waals surface area contributed by atoms with Gasteiger partial charge >= 0.3 is 0 Å². The molecule has 4 heteroatoms. The van der Waals surface area contributed by atoms with Crippen molar-refractivity contribution in [3.8, 4) is 0 Å². The highest BCUT2D eigenvalue weighted by Crippen LogP contribution is 2.37. The van der Waals surface area contributed by atoms with E-state index < -0.39 is 5.72 Å². The summed E-state index contributed by atoms with van der Waals surface area (Å²) in [6.07, 6.45) is 4.70. The van der Waals surface area contributed by atoms with Gasteiger partial charge in [0.1, 0.15) is 5.69 Å². The van der Waals surface area contributed by atoms with Crippen LogP contribution in [0.5, 0.6) is 0 Å². The van der Waals surface area contributed by atoms with Crippen LogP contribution in [0.3, 0.4) is 0 Å². The van der Waals surface area contributed by atoms with Crippen molar-refractivity contribution >= 4 is 11.5 Å². The van der Waals surface area contributed by atoms with E-state index in [1.807, 2.05) is 18.2 Å². The van der Waals surface area contributed by atoms with Gasteiger partial charge in [-0.05, 0) is 38.3 Å². The van der Waals surface area contributed by atoms with Gasteiger partial charge in [-0.2, -0.15) is 4.90 Å². The minimum Gasteiger partial charge on any atom is -1.00 e. The molecule has 1 unspecified atom stereocenters. The molecule has 0 bridgehead atoms. The van der Waals surface area contributed by atoms with E-state index in [9.17, 15) is 5.11 Å². The minimum absolute atomic E-state index is 0. The van der Waals surface area contributed by atoms with E-state index in [1.54, 1.807) is 0 Å². The van der Waals surface area contributed by atoms with Crippen molar-refractivity contribution in [2.45, 2.75) is 38.3 Å². The molecule has 2 aliphatic rings. The normalized spacial score (nSPS) is 23.0. The number of nitrogens with zero attached hydrogens (tertiary/aromatic N) is 2. The van der Waals surface area contributed by atoms with Crippen LogP contribution < -0.4 is 21.9 Å². The van der Waals surface area contributed by atoms with Crippen LogP contribution in [-0.4, -0.2) is 28.6 Å². The molecule has 0 saturated carbocycles. The number of aryl methyl sites for hydroxylation is 1. The molecule has 0 amide bonds. The first-order valence-corrected chi connectivity index (χ1v) is 8.94. The molecule has 1 atom stereocenters. The molecule has 0 aliphatic carbocycles. The molecule has 2 aromatic carbocycles. The third-order valence-electron chi connectivity index (χ3n) is 5.26. The van der Waals surface area contributed by atoms with Crippen molar-refractivity contribution in [1.29, 1.82) is 0 Å². The lowest BCUT2D eigenvalue weighted by Crippen LogP contribution is -3.00. The fourth-order valence-corrected chi connectivity index (χ4v) is 4.00. The van der Waals surface area contributed by atoms with Crippen molar-refractivity contribution < 1.29 is 26.7 Å². The number of halogens is 1. The third-order valence-corrected chi connectivity index (χ3v) is 5.26. The molecule has 2 aliphatic heterocycles. The Morgan fingerprint density at radius 1 is 0.960 bits per heavy atom. The van der Waals surface area contributed by atoms with Crippen LogP contribution in [0.1, 0.15) is 36.8 Å². The predicted octanol–water partition coefficient (Wildman–Crippen LogP) is 0.649. The average Bonchev–Trinajstić information content (AvgIpc) is 2.73. The molecule has 25 heavy (non-hydrogen) atoms. The molecular weight excluding hydrogens is 376 g/mol. The van der Waals surface area contributed by atoms with E-state index >= 15 is 0 Å². The summed E-state index contributed by atoms with van der Waals surface area (Å²) in [5.41, 5.74) is 2.26. The zero-order chi connectivity index (χ0) is 16.6. The second-order valence-electron chi connectivity index (χ2n) is 7.00. The molecule has 0 fully saturated rings. The second-order valence-corrected chi connectivity index (χ2v) is 7.00. The van der Waals surface area contributed by atoms with Crippen molar-refractivity contribution in [3.63, 3.8) is 0 Å². The third kappa shape index (κ3) is 3.25. The van der Waals surface area contributed by atoms with Gasteiger partial charge in [-0.15, -0.1) is 0 Å². The maximum absolute atomic E-state index is 11.8. The van der Waals surface area contributed by atoms with Gasteiger partial charge in [-0.3, -0.25) is 4.58 Å². The van der Waals surface area contributed by atoms with Gasteiger partial charge < -0.3 is 22.1 Å². The van der Waals surface area contributed by atoms with Gasteiger partial charge in [0.25, 0.3) is 11.6 Å². The van der Waals surface area contributed by atoms with E-state index in [-0.39, 0.29) is 17.0 Å². The summed E-state index contributed by atoms with van der Waals surface area (Å²) >= 11 is 0. The number of aliphatic hydroxyl groups is 1. The molecule has 3 nitrogen and oxygen atoms in total. The van der Waals surface area contributed by atoms with Crippen molar-refractivity contribution in [1.82, 2.24) is 0 Å². The number of benzene rings is 2. The van der Waals surface area contributed by atoms with Gasteiger partial charge in [0, 0.05) is 12.0 Å². The van der Waals surface area contributed by atoms with Gasteiger partial charge in [-0.1, -0.05) is 48.0 Å². The summed E-state index contributed by atoms with van der Waals surface area (Å²) in [5, 5.41) is 11.8.